The van der Waals surface area contributed by atoms with Crippen LogP contribution in [0.3, 0.4) is 0 Å². The summed E-state index contributed by atoms with van der Waals surface area (Å²) in [6.07, 6.45) is 1.64. The first-order valence-electron chi connectivity index (χ1n) is 4.92. The molecule has 0 saturated heterocycles. The lowest BCUT2D eigenvalue weighted by molar-refractivity contribution is 0.427. The quantitative estimate of drug-likeness (QED) is 0.860. The van der Waals surface area contributed by atoms with Gasteiger partial charge in [-0.25, -0.2) is 9.37 Å². The minimum Gasteiger partial charge on any atom is -0.433 e. The molecule has 1 aromatic carbocycles. The summed E-state index contributed by atoms with van der Waals surface area (Å²) in [4.78, 5) is 4.06. The molecule has 0 unspecified atom stereocenters. The third-order valence-electron chi connectivity index (χ3n) is 2.14. The van der Waals surface area contributed by atoms with Crippen LogP contribution in [0.5, 0.6) is 11.6 Å². The van der Waals surface area contributed by atoms with E-state index in [4.69, 9.17) is 10.5 Å². The van der Waals surface area contributed by atoms with Gasteiger partial charge in [0.25, 0.3) is 0 Å². The van der Waals surface area contributed by atoms with E-state index in [2.05, 4.69) is 20.9 Å². The lowest BCUT2D eigenvalue weighted by Crippen LogP contribution is -1.97. The van der Waals surface area contributed by atoms with Crippen molar-refractivity contribution in [3.05, 3.63) is 46.3 Å². The zero-order chi connectivity index (χ0) is 12.4. The smallest absolute Gasteiger partial charge is 0.233 e. The normalized spacial score (nSPS) is 10.3. The van der Waals surface area contributed by atoms with Crippen LogP contribution in [0.15, 0.2) is 34.9 Å². The number of aromatic nitrogens is 1. The maximum Gasteiger partial charge on any atom is 0.233 e. The molecule has 0 atom stereocenters. The lowest BCUT2D eigenvalue weighted by Gasteiger charge is -2.09. The number of aryl methyl sites for hydroxylation is 1. The number of nitrogen functional groups attached to an aromatic ring is 1. The summed E-state index contributed by atoms with van der Waals surface area (Å²) >= 11 is 3.30. The molecule has 1 heterocycles. The van der Waals surface area contributed by atoms with E-state index < -0.39 is 5.82 Å². The number of hydrogen-bond acceptors (Lipinski definition) is 3. The fraction of sp³-hybridized carbons (Fsp3) is 0.0833. The van der Waals surface area contributed by atoms with Crippen LogP contribution in [0.1, 0.15) is 5.56 Å². The van der Waals surface area contributed by atoms with Crippen LogP contribution in [0.4, 0.5) is 10.1 Å². The third-order valence-corrected chi connectivity index (χ3v) is 2.71. The molecule has 0 amide bonds. The monoisotopic (exact) mass is 296 g/mol. The standard InChI is InChI=1S/C12H10BrFN2O/c1-7-5-8(13)12(16-6-7)17-11-9(14)3-2-4-10(11)15/h2-6H,15H2,1H3. The molecule has 3 nitrogen and oxygen atoms in total. The molecule has 88 valence electrons. The molecule has 0 aliphatic rings. The average Bonchev–Trinajstić information content (AvgIpc) is 2.26. The second-order valence-electron chi connectivity index (χ2n) is 3.56. The van der Waals surface area contributed by atoms with Crippen molar-refractivity contribution in [1.29, 1.82) is 0 Å². The Morgan fingerprint density at radius 3 is 2.82 bits per heavy atom. The maximum atomic E-state index is 13.5. The number of benzene rings is 1. The van der Waals surface area contributed by atoms with Crippen LogP contribution < -0.4 is 10.5 Å². The minimum absolute atomic E-state index is 0.00967. The first kappa shape index (κ1) is 11.9. The predicted molar refractivity (Wildman–Crippen MR) is 67.6 cm³/mol. The van der Waals surface area contributed by atoms with Gasteiger partial charge in [0.1, 0.15) is 0 Å². The van der Waals surface area contributed by atoms with Crippen LogP contribution in [0.2, 0.25) is 0 Å². The van der Waals surface area contributed by atoms with Crippen LogP contribution in [0, 0.1) is 12.7 Å². The number of pyridine rings is 1. The van der Waals surface area contributed by atoms with Gasteiger partial charge in [0.15, 0.2) is 11.6 Å². The van der Waals surface area contributed by atoms with E-state index in [1.54, 1.807) is 12.3 Å². The lowest BCUT2D eigenvalue weighted by atomic mass is 10.3. The van der Waals surface area contributed by atoms with Crippen molar-refractivity contribution in [1.82, 2.24) is 4.98 Å². The number of anilines is 1. The van der Waals surface area contributed by atoms with E-state index in [-0.39, 0.29) is 17.3 Å². The van der Waals surface area contributed by atoms with Gasteiger partial charge in [0.2, 0.25) is 5.88 Å². The highest BCUT2D eigenvalue weighted by Crippen LogP contribution is 2.33. The molecule has 0 aliphatic heterocycles. The molecule has 0 fully saturated rings. The number of ether oxygens (including phenoxy) is 1. The SMILES string of the molecule is Cc1cnc(Oc2c(N)cccc2F)c(Br)c1. The van der Waals surface area contributed by atoms with Crippen molar-refractivity contribution >= 4 is 21.6 Å². The summed E-state index contributed by atoms with van der Waals surface area (Å²) in [5.41, 5.74) is 6.85. The second kappa shape index (κ2) is 4.71. The Labute approximate surface area is 107 Å². The van der Waals surface area contributed by atoms with Crippen LogP contribution in [-0.4, -0.2) is 4.98 Å². The first-order chi connectivity index (χ1) is 8.08. The molecule has 2 rings (SSSR count). The predicted octanol–water partition coefficient (Wildman–Crippen LogP) is 3.67. The van der Waals surface area contributed by atoms with Crippen LogP contribution >= 0.6 is 15.9 Å². The zero-order valence-electron chi connectivity index (χ0n) is 9.08. The van der Waals surface area contributed by atoms with Gasteiger partial charge in [-0.15, -0.1) is 0 Å². The summed E-state index contributed by atoms with van der Waals surface area (Å²) in [6, 6.07) is 6.21. The molecule has 0 aliphatic carbocycles. The molecule has 0 spiro atoms. The molecule has 17 heavy (non-hydrogen) atoms. The highest BCUT2D eigenvalue weighted by atomic mass is 79.9. The Morgan fingerprint density at radius 1 is 1.41 bits per heavy atom. The van der Waals surface area contributed by atoms with Gasteiger partial charge in [-0.3, -0.25) is 0 Å². The van der Waals surface area contributed by atoms with Crippen LogP contribution in [-0.2, 0) is 0 Å². The summed E-state index contributed by atoms with van der Waals surface area (Å²) in [7, 11) is 0. The van der Waals surface area contributed by atoms with Crippen molar-refractivity contribution in [3.63, 3.8) is 0 Å². The summed E-state index contributed by atoms with van der Waals surface area (Å²) < 4.78 is 19.5. The van der Waals surface area contributed by atoms with Gasteiger partial charge < -0.3 is 10.5 Å². The number of nitrogens with zero attached hydrogens (tertiary/aromatic N) is 1. The maximum absolute atomic E-state index is 13.5. The van der Waals surface area contributed by atoms with Crippen molar-refractivity contribution < 1.29 is 9.13 Å². The molecule has 0 bridgehead atoms. The first-order valence-corrected chi connectivity index (χ1v) is 5.71. The van der Waals surface area contributed by atoms with E-state index in [1.165, 1.54) is 12.1 Å². The molecule has 2 aromatic rings. The van der Waals surface area contributed by atoms with Crippen molar-refractivity contribution in [2.45, 2.75) is 6.92 Å². The minimum atomic E-state index is -0.515. The van der Waals surface area contributed by atoms with Crippen molar-refractivity contribution in [2.75, 3.05) is 5.73 Å². The number of halogens is 2. The van der Waals surface area contributed by atoms with E-state index in [1.807, 2.05) is 13.0 Å². The van der Waals surface area contributed by atoms with Gasteiger partial charge in [-0.2, -0.15) is 0 Å². The molecular formula is C12H10BrFN2O. The fourth-order valence-corrected chi connectivity index (χ4v) is 1.87. The summed E-state index contributed by atoms with van der Waals surface area (Å²) in [5, 5.41) is 0. The largest absolute Gasteiger partial charge is 0.433 e. The average molecular weight is 297 g/mol. The molecule has 2 N–H and O–H groups in total. The topological polar surface area (TPSA) is 48.1 Å². The zero-order valence-corrected chi connectivity index (χ0v) is 10.7. The highest BCUT2D eigenvalue weighted by Gasteiger charge is 2.11. The van der Waals surface area contributed by atoms with Gasteiger partial charge in [0.05, 0.1) is 10.2 Å². The van der Waals surface area contributed by atoms with Crippen molar-refractivity contribution in [3.8, 4) is 11.6 Å². The van der Waals surface area contributed by atoms with Gasteiger partial charge in [-0.1, -0.05) is 6.07 Å². The molecule has 0 saturated carbocycles. The Morgan fingerprint density at radius 2 is 2.18 bits per heavy atom. The number of hydrogen-bond donors (Lipinski definition) is 1. The third kappa shape index (κ3) is 2.55. The molecule has 0 radical (unpaired) electrons. The van der Waals surface area contributed by atoms with Gasteiger partial charge in [0, 0.05) is 6.20 Å². The second-order valence-corrected chi connectivity index (χ2v) is 4.41. The summed E-state index contributed by atoms with van der Waals surface area (Å²) in [5.74, 6) is -0.240. The fourth-order valence-electron chi connectivity index (χ4n) is 1.33. The molecular weight excluding hydrogens is 287 g/mol. The van der Waals surface area contributed by atoms with Crippen molar-refractivity contribution in [2.24, 2.45) is 0 Å². The Hall–Kier alpha value is -1.62. The highest BCUT2D eigenvalue weighted by molar-refractivity contribution is 9.10. The van der Waals surface area contributed by atoms with E-state index in [0.717, 1.165) is 5.56 Å². The molecule has 1 aromatic heterocycles. The Bertz CT molecular complexity index is 540. The number of nitrogens with two attached hydrogens (primary N) is 1. The van der Waals surface area contributed by atoms with E-state index in [0.29, 0.717) is 4.47 Å². The van der Waals surface area contributed by atoms with Gasteiger partial charge in [-0.05, 0) is 46.6 Å². The van der Waals surface area contributed by atoms with E-state index >= 15 is 0 Å². The molecule has 5 heteroatoms. The Balaban J connectivity index is 2.38. The number of para-hydroxylation sites is 1. The summed E-state index contributed by atoms with van der Waals surface area (Å²) in [6.45, 7) is 1.90. The Kier molecular flexibility index (Phi) is 3.28. The van der Waals surface area contributed by atoms with E-state index in [9.17, 15) is 4.39 Å². The number of rotatable bonds is 2. The van der Waals surface area contributed by atoms with Gasteiger partial charge >= 0.3 is 0 Å². The van der Waals surface area contributed by atoms with Crippen LogP contribution in [0.25, 0.3) is 0 Å².